The standard InChI is InChI=1S/C19H20ClNOS/c1-13(23-18-12-5-4-10-16(18)20)19(22)21-17-11-6-8-14-7-2-3-9-15(14)17/h2-5,7,9-10,12-13,17H,6,8,11H2,1H3,(H,21,22)/t13-,17+/m0/s1. The van der Waals surface area contributed by atoms with E-state index in [1.54, 1.807) is 0 Å². The van der Waals surface area contributed by atoms with E-state index >= 15 is 0 Å². The summed E-state index contributed by atoms with van der Waals surface area (Å²) in [6.07, 6.45) is 3.23. The van der Waals surface area contributed by atoms with Crippen LogP contribution in [0.5, 0.6) is 0 Å². The Balaban J connectivity index is 1.67. The van der Waals surface area contributed by atoms with E-state index in [1.807, 2.05) is 37.3 Å². The van der Waals surface area contributed by atoms with Gasteiger partial charge in [0.05, 0.1) is 16.3 Å². The zero-order chi connectivity index (χ0) is 16.2. The highest BCUT2D eigenvalue weighted by atomic mass is 35.5. The van der Waals surface area contributed by atoms with E-state index in [0.717, 1.165) is 24.2 Å². The van der Waals surface area contributed by atoms with E-state index in [-0.39, 0.29) is 17.2 Å². The number of amides is 1. The minimum Gasteiger partial charge on any atom is -0.348 e. The van der Waals surface area contributed by atoms with Crippen LogP contribution in [0, 0.1) is 0 Å². The largest absolute Gasteiger partial charge is 0.348 e. The second-order valence-electron chi connectivity index (χ2n) is 5.84. The van der Waals surface area contributed by atoms with Gasteiger partial charge in [0, 0.05) is 4.90 Å². The molecular weight excluding hydrogens is 326 g/mol. The summed E-state index contributed by atoms with van der Waals surface area (Å²) in [5.41, 5.74) is 2.62. The number of nitrogens with one attached hydrogen (secondary N) is 1. The summed E-state index contributed by atoms with van der Waals surface area (Å²) in [5, 5.41) is 3.73. The molecule has 0 saturated heterocycles. The zero-order valence-corrected chi connectivity index (χ0v) is 14.7. The van der Waals surface area contributed by atoms with Crippen molar-refractivity contribution in [1.29, 1.82) is 0 Å². The van der Waals surface area contributed by atoms with Crippen LogP contribution in [-0.2, 0) is 11.2 Å². The second kappa shape index (κ2) is 7.41. The monoisotopic (exact) mass is 345 g/mol. The molecule has 0 bridgehead atoms. The van der Waals surface area contributed by atoms with Crippen molar-refractivity contribution in [2.75, 3.05) is 0 Å². The second-order valence-corrected chi connectivity index (χ2v) is 7.63. The quantitative estimate of drug-likeness (QED) is 0.789. The molecule has 2 nitrogen and oxygen atoms in total. The van der Waals surface area contributed by atoms with Crippen LogP contribution in [-0.4, -0.2) is 11.2 Å². The summed E-state index contributed by atoms with van der Waals surface area (Å²) >= 11 is 7.68. The Morgan fingerprint density at radius 1 is 1.22 bits per heavy atom. The molecule has 4 heteroatoms. The molecule has 0 spiro atoms. The summed E-state index contributed by atoms with van der Waals surface area (Å²) in [5.74, 6) is 0.0663. The number of hydrogen-bond donors (Lipinski definition) is 1. The van der Waals surface area contributed by atoms with Gasteiger partial charge in [-0.15, -0.1) is 11.8 Å². The Bertz CT molecular complexity index is 703. The molecule has 1 aliphatic rings. The molecule has 0 heterocycles. The third kappa shape index (κ3) is 3.91. The molecule has 0 unspecified atom stereocenters. The molecule has 0 aromatic heterocycles. The predicted octanol–water partition coefficient (Wildman–Crippen LogP) is 5.01. The lowest BCUT2D eigenvalue weighted by Crippen LogP contribution is -2.35. The normalized spacial score (nSPS) is 18.1. The average Bonchev–Trinajstić information content (AvgIpc) is 2.57. The molecule has 23 heavy (non-hydrogen) atoms. The summed E-state index contributed by atoms with van der Waals surface area (Å²) in [6, 6.07) is 16.2. The first kappa shape index (κ1) is 16.4. The summed E-state index contributed by atoms with van der Waals surface area (Å²) in [7, 11) is 0. The maximum Gasteiger partial charge on any atom is 0.233 e. The lowest BCUT2D eigenvalue weighted by atomic mass is 9.88. The number of carbonyl (C=O) groups is 1. The molecule has 0 saturated carbocycles. The number of aryl methyl sites for hydroxylation is 1. The van der Waals surface area contributed by atoms with Crippen molar-refractivity contribution in [3.8, 4) is 0 Å². The third-order valence-corrected chi connectivity index (χ3v) is 5.81. The maximum absolute atomic E-state index is 12.6. The highest BCUT2D eigenvalue weighted by molar-refractivity contribution is 8.00. The average molecular weight is 346 g/mol. The van der Waals surface area contributed by atoms with Crippen molar-refractivity contribution >= 4 is 29.3 Å². The number of halogens is 1. The lowest BCUT2D eigenvalue weighted by Gasteiger charge is -2.27. The van der Waals surface area contributed by atoms with Crippen LogP contribution in [0.25, 0.3) is 0 Å². The SMILES string of the molecule is C[C@H](Sc1ccccc1Cl)C(=O)N[C@@H]1CCCc2ccccc21. The Labute approximate surface area is 146 Å². The van der Waals surface area contributed by atoms with Crippen LogP contribution < -0.4 is 5.32 Å². The highest BCUT2D eigenvalue weighted by Gasteiger charge is 2.24. The first-order valence-electron chi connectivity index (χ1n) is 7.94. The number of hydrogen-bond acceptors (Lipinski definition) is 2. The highest BCUT2D eigenvalue weighted by Crippen LogP contribution is 2.32. The van der Waals surface area contributed by atoms with Gasteiger partial charge in [-0.2, -0.15) is 0 Å². The van der Waals surface area contributed by atoms with Crippen molar-refractivity contribution in [2.45, 2.75) is 42.4 Å². The molecule has 1 N–H and O–H groups in total. The zero-order valence-electron chi connectivity index (χ0n) is 13.1. The van der Waals surface area contributed by atoms with Gasteiger partial charge in [-0.3, -0.25) is 4.79 Å². The van der Waals surface area contributed by atoms with Gasteiger partial charge >= 0.3 is 0 Å². The minimum absolute atomic E-state index is 0.0663. The van der Waals surface area contributed by atoms with Gasteiger partial charge in [-0.05, 0) is 49.4 Å². The van der Waals surface area contributed by atoms with Gasteiger partial charge < -0.3 is 5.32 Å². The van der Waals surface area contributed by atoms with Crippen molar-refractivity contribution in [3.63, 3.8) is 0 Å². The number of thioether (sulfide) groups is 1. The molecule has 0 radical (unpaired) electrons. The van der Waals surface area contributed by atoms with Gasteiger partial charge in [-0.25, -0.2) is 0 Å². The van der Waals surface area contributed by atoms with E-state index in [2.05, 4.69) is 23.5 Å². The van der Waals surface area contributed by atoms with Gasteiger partial charge in [-0.1, -0.05) is 48.0 Å². The van der Waals surface area contributed by atoms with Gasteiger partial charge in [0.15, 0.2) is 0 Å². The van der Waals surface area contributed by atoms with Gasteiger partial charge in [0.25, 0.3) is 0 Å². The summed E-state index contributed by atoms with van der Waals surface area (Å²) in [4.78, 5) is 13.5. The van der Waals surface area contributed by atoms with Crippen molar-refractivity contribution < 1.29 is 4.79 Å². The van der Waals surface area contributed by atoms with E-state index in [9.17, 15) is 4.79 Å². The molecule has 0 aliphatic heterocycles. The van der Waals surface area contributed by atoms with Crippen LogP contribution >= 0.6 is 23.4 Å². The molecule has 2 aromatic carbocycles. The number of carbonyl (C=O) groups excluding carboxylic acids is 1. The van der Waals surface area contributed by atoms with E-state index in [4.69, 9.17) is 11.6 Å². The van der Waals surface area contributed by atoms with Crippen molar-refractivity contribution in [1.82, 2.24) is 5.32 Å². The fourth-order valence-electron chi connectivity index (χ4n) is 2.98. The molecule has 120 valence electrons. The van der Waals surface area contributed by atoms with Crippen LogP contribution in [0.2, 0.25) is 5.02 Å². The van der Waals surface area contributed by atoms with Crippen LogP contribution in [0.3, 0.4) is 0 Å². The number of benzene rings is 2. The molecule has 1 amide bonds. The fraction of sp³-hybridized carbons (Fsp3) is 0.316. The topological polar surface area (TPSA) is 29.1 Å². The third-order valence-electron chi connectivity index (χ3n) is 4.20. The van der Waals surface area contributed by atoms with Crippen LogP contribution in [0.4, 0.5) is 0 Å². The Morgan fingerprint density at radius 2 is 1.96 bits per heavy atom. The molecule has 2 aromatic rings. The Hall–Kier alpha value is -1.45. The summed E-state index contributed by atoms with van der Waals surface area (Å²) < 4.78 is 0. The first-order chi connectivity index (χ1) is 11.1. The fourth-order valence-corrected chi connectivity index (χ4v) is 4.14. The van der Waals surface area contributed by atoms with Crippen LogP contribution in [0.1, 0.15) is 36.9 Å². The Morgan fingerprint density at radius 3 is 2.78 bits per heavy atom. The van der Waals surface area contributed by atoms with Gasteiger partial charge in [0.2, 0.25) is 5.91 Å². The number of fused-ring (bicyclic) bond motifs is 1. The van der Waals surface area contributed by atoms with E-state index in [0.29, 0.717) is 5.02 Å². The van der Waals surface area contributed by atoms with E-state index in [1.165, 1.54) is 22.9 Å². The molecule has 2 atom stereocenters. The van der Waals surface area contributed by atoms with Crippen LogP contribution in [0.15, 0.2) is 53.4 Å². The van der Waals surface area contributed by atoms with Crippen molar-refractivity contribution in [2.24, 2.45) is 0 Å². The van der Waals surface area contributed by atoms with Gasteiger partial charge in [0.1, 0.15) is 0 Å². The maximum atomic E-state index is 12.6. The first-order valence-corrected chi connectivity index (χ1v) is 9.20. The van der Waals surface area contributed by atoms with Crippen molar-refractivity contribution in [3.05, 3.63) is 64.7 Å². The van der Waals surface area contributed by atoms with E-state index < -0.39 is 0 Å². The lowest BCUT2D eigenvalue weighted by molar-refractivity contribution is -0.121. The molecular formula is C19H20ClNOS. The molecule has 3 rings (SSSR count). The predicted molar refractivity (Wildman–Crippen MR) is 97.0 cm³/mol. The summed E-state index contributed by atoms with van der Waals surface area (Å²) in [6.45, 7) is 1.93. The Kier molecular flexibility index (Phi) is 5.29. The minimum atomic E-state index is -0.177. The number of rotatable bonds is 4. The molecule has 0 fully saturated rings. The molecule has 1 aliphatic carbocycles. The smallest absolute Gasteiger partial charge is 0.233 e.